The Balaban J connectivity index is 2.03. The summed E-state index contributed by atoms with van der Waals surface area (Å²) in [5.41, 5.74) is 2.09. The lowest BCUT2D eigenvalue weighted by Crippen LogP contribution is -2.19. The normalized spacial score (nSPS) is 15.8. The Morgan fingerprint density at radius 1 is 1.40 bits per heavy atom. The number of ether oxygens (including phenoxy) is 1. The summed E-state index contributed by atoms with van der Waals surface area (Å²) in [6.07, 6.45) is 4.15. The van der Waals surface area contributed by atoms with Crippen molar-refractivity contribution in [2.75, 3.05) is 0 Å². The summed E-state index contributed by atoms with van der Waals surface area (Å²) in [5.74, 6) is 3.04. The third kappa shape index (κ3) is 2.51. The van der Waals surface area contributed by atoms with E-state index in [1.165, 1.54) is 19.3 Å². The molecule has 0 N–H and O–H groups in total. The summed E-state index contributed by atoms with van der Waals surface area (Å²) >= 11 is 6.08. The maximum absolute atomic E-state index is 6.08. The van der Waals surface area contributed by atoms with Crippen molar-refractivity contribution in [2.45, 2.75) is 51.6 Å². The fourth-order valence-corrected chi connectivity index (χ4v) is 2.96. The van der Waals surface area contributed by atoms with Crippen molar-refractivity contribution in [3.63, 3.8) is 0 Å². The number of benzene rings is 1. The smallest absolute Gasteiger partial charge is 0.147 e. The fraction of sp³-hybridized carbons (Fsp3) is 0.562. The Morgan fingerprint density at radius 3 is 2.80 bits per heavy atom. The van der Waals surface area contributed by atoms with Gasteiger partial charge in [0, 0.05) is 6.54 Å². The molecule has 1 aliphatic carbocycles. The maximum Gasteiger partial charge on any atom is 0.147 e. The molecule has 0 unspecified atom stereocenters. The van der Waals surface area contributed by atoms with E-state index >= 15 is 0 Å². The molecular weight excluding hydrogens is 272 g/mol. The molecule has 1 heterocycles. The van der Waals surface area contributed by atoms with Gasteiger partial charge in [0.1, 0.15) is 17.1 Å². The molecule has 0 spiro atoms. The minimum Gasteiger partial charge on any atom is -0.489 e. The summed E-state index contributed by atoms with van der Waals surface area (Å²) in [7, 11) is 0. The minimum atomic E-state index is 0.150. The van der Waals surface area contributed by atoms with Gasteiger partial charge < -0.3 is 9.30 Å². The van der Waals surface area contributed by atoms with Crippen LogP contribution in [0, 0.1) is 5.92 Å². The van der Waals surface area contributed by atoms with Gasteiger partial charge in [-0.3, -0.25) is 0 Å². The fourth-order valence-electron chi connectivity index (χ4n) is 2.76. The number of hydrogen-bond acceptors (Lipinski definition) is 2. The summed E-state index contributed by atoms with van der Waals surface area (Å²) < 4.78 is 8.14. The van der Waals surface area contributed by atoms with Crippen LogP contribution < -0.4 is 4.74 Å². The van der Waals surface area contributed by atoms with Gasteiger partial charge in [-0.05, 0) is 44.7 Å². The summed E-state index contributed by atoms with van der Waals surface area (Å²) in [5, 5.41) is 0. The zero-order valence-electron chi connectivity index (χ0n) is 12.1. The Labute approximate surface area is 124 Å². The first kappa shape index (κ1) is 13.7. The molecule has 4 heteroatoms. The second-order valence-electron chi connectivity index (χ2n) is 5.86. The van der Waals surface area contributed by atoms with Gasteiger partial charge in [-0.2, -0.15) is 0 Å². The number of rotatable bonds is 5. The number of fused-ring (bicyclic) bond motifs is 1. The molecule has 3 rings (SSSR count). The van der Waals surface area contributed by atoms with Gasteiger partial charge in [0.15, 0.2) is 0 Å². The lowest BCUT2D eigenvalue weighted by Gasteiger charge is -2.26. The number of hydrogen-bond donors (Lipinski definition) is 0. The van der Waals surface area contributed by atoms with Crippen molar-refractivity contribution >= 4 is 22.6 Å². The molecule has 1 aromatic heterocycles. The van der Waals surface area contributed by atoms with Gasteiger partial charge in [-0.25, -0.2) is 4.98 Å². The molecular formula is C16H21ClN2O. The maximum atomic E-state index is 6.08. The molecule has 3 nitrogen and oxygen atoms in total. The van der Waals surface area contributed by atoms with Gasteiger partial charge >= 0.3 is 0 Å². The van der Waals surface area contributed by atoms with Crippen LogP contribution in [0.25, 0.3) is 11.0 Å². The molecule has 1 aliphatic rings. The topological polar surface area (TPSA) is 27.1 Å². The quantitative estimate of drug-likeness (QED) is 0.766. The highest BCUT2D eigenvalue weighted by Gasteiger charge is 2.21. The SMILES string of the molecule is CC(C)Oc1cccc2c1nc(CCl)n2CC1CCC1. The average Bonchev–Trinajstić information content (AvgIpc) is 2.72. The van der Waals surface area contributed by atoms with Crippen LogP contribution >= 0.6 is 11.6 Å². The van der Waals surface area contributed by atoms with E-state index in [-0.39, 0.29) is 6.10 Å². The third-order valence-corrected chi connectivity index (χ3v) is 4.21. The van der Waals surface area contributed by atoms with Crippen LogP contribution in [0.15, 0.2) is 18.2 Å². The molecule has 0 aliphatic heterocycles. The van der Waals surface area contributed by atoms with Crippen molar-refractivity contribution in [1.29, 1.82) is 0 Å². The average molecular weight is 293 g/mol. The molecule has 0 atom stereocenters. The van der Waals surface area contributed by atoms with Crippen LogP contribution in [0.3, 0.4) is 0 Å². The van der Waals surface area contributed by atoms with E-state index in [9.17, 15) is 0 Å². The number of halogens is 1. The number of para-hydroxylation sites is 1. The third-order valence-electron chi connectivity index (χ3n) is 3.97. The van der Waals surface area contributed by atoms with Gasteiger partial charge in [-0.15, -0.1) is 11.6 Å². The monoisotopic (exact) mass is 292 g/mol. The molecule has 108 valence electrons. The van der Waals surface area contributed by atoms with Crippen LogP contribution in [-0.4, -0.2) is 15.7 Å². The van der Waals surface area contributed by atoms with Crippen LogP contribution in [0.1, 0.15) is 38.9 Å². The first-order valence-corrected chi connectivity index (χ1v) is 7.93. The van der Waals surface area contributed by atoms with Crippen LogP contribution in [0.5, 0.6) is 5.75 Å². The van der Waals surface area contributed by atoms with Gasteiger partial charge in [0.2, 0.25) is 0 Å². The second kappa shape index (κ2) is 5.65. The van der Waals surface area contributed by atoms with E-state index in [2.05, 4.69) is 10.6 Å². The van der Waals surface area contributed by atoms with E-state index in [0.717, 1.165) is 35.1 Å². The van der Waals surface area contributed by atoms with Crippen molar-refractivity contribution in [3.05, 3.63) is 24.0 Å². The standard InChI is InChI=1S/C16H21ClN2O/c1-11(2)20-14-8-4-7-13-16(14)18-15(9-17)19(13)10-12-5-3-6-12/h4,7-8,11-12H,3,5-6,9-10H2,1-2H3. The van der Waals surface area contributed by atoms with E-state index in [4.69, 9.17) is 21.3 Å². The molecule has 20 heavy (non-hydrogen) atoms. The lowest BCUT2D eigenvalue weighted by atomic mass is 9.85. The van der Waals surface area contributed by atoms with E-state index in [1.807, 2.05) is 26.0 Å². The first-order valence-electron chi connectivity index (χ1n) is 7.39. The second-order valence-corrected chi connectivity index (χ2v) is 6.13. The molecule has 1 aromatic carbocycles. The molecule has 0 amide bonds. The van der Waals surface area contributed by atoms with Crippen molar-refractivity contribution in [1.82, 2.24) is 9.55 Å². The van der Waals surface area contributed by atoms with Crippen molar-refractivity contribution in [2.24, 2.45) is 5.92 Å². The first-order chi connectivity index (χ1) is 9.69. The molecule has 1 saturated carbocycles. The highest BCUT2D eigenvalue weighted by molar-refractivity contribution is 6.16. The number of alkyl halides is 1. The molecule has 0 saturated heterocycles. The molecule has 1 fully saturated rings. The van der Waals surface area contributed by atoms with Crippen molar-refractivity contribution < 1.29 is 4.74 Å². The summed E-state index contributed by atoms with van der Waals surface area (Å²) in [6, 6.07) is 6.14. The predicted molar refractivity (Wildman–Crippen MR) is 82.4 cm³/mol. The van der Waals surface area contributed by atoms with Gasteiger partial charge in [0.05, 0.1) is 17.5 Å². The lowest BCUT2D eigenvalue weighted by molar-refractivity contribution is 0.245. The summed E-state index contributed by atoms with van der Waals surface area (Å²) in [6.45, 7) is 5.10. The Morgan fingerprint density at radius 2 is 2.20 bits per heavy atom. The van der Waals surface area contributed by atoms with E-state index in [0.29, 0.717) is 5.88 Å². The Hall–Kier alpha value is -1.22. The highest BCUT2D eigenvalue weighted by atomic mass is 35.5. The number of aromatic nitrogens is 2. The van der Waals surface area contributed by atoms with Crippen LogP contribution in [0.4, 0.5) is 0 Å². The van der Waals surface area contributed by atoms with E-state index in [1.54, 1.807) is 0 Å². The number of imidazole rings is 1. The predicted octanol–water partition coefficient (Wildman–Crippen LogP) is 4.36. The summed E-state index contributed by atoms with van der Waals surface area (Å²) in [4.78, 5) is 4.70. The minimum absolute atomic E-state index is 0.150. The zero-order valence-corrected chi connectivity index (χ0v) is 12.9. The number of nitrogens with zero attached hydrogens (tertiary/aromatic N) is 2. The molecule has 2 aromatic rings. The largest absolute Gasteiger partial charge is 0.489 e. The van der Waals surface area contributed by atoms with Crippen LogP contribution in [-0.2, 0) is 12.4 Å². The van der Waals surface area contributed by atoms with Gasteiger partial charge in [0.25, 0.3) is 0 Å². The van der Waals surface area contributed by atoms with Crippen molar-refractivity contribution in [3.8, 4) is 5.75 Å². The molecule has 0 bridgehead atoms. The molecule has 0 radical (unpaired) electrons. The Kier molecular flexibility index (Phi) is 3.88. The van der Waals surface area contributed by atoms with Crippen LogP contribution in [0.2, 0.25) is 0 Å². The van der Waals surface area contributed by atoms with Gasteiger partial charge in [-0.1, -0.05) is 12.5 Å². The van der Waals surface area contributed by atoms with E-state index < -0.39 is 0 Å². The highest BCUT2D eigenvalue weighted by Crippen LogP contribution is 2.32. The Bertz CT molecular complexity index is 602. The zero-order chi connectivity index (χ0) is 14.1.